The van der Waals surface area contributed by atoms with Gasteiger partial charge in [0.15, 0.2) is 0 Å². The minimum Gasteiger partial charge on any atom is -0.393 e. The monoisotopic (exact) mass is 277 g/mol. The molecule has 0 amide bonds. The number of likely N-dealkylation sites (tertiary alicyclic amines) is 1. The summed E-state index contributed by atoms with van der Waals surface area (Å²) in [6.45, 7) is 4.37. The van der Waals surface area contributed by atoms with Crippen molar-refractivity contribution in [1.29, 1.82) is 0 Å². The Morgan fingerprint density at radius 2 is 2.25 bits per heavy atom. The van der Waals surface area contributed by atoms with E-state index in [1.54, 1.807) is 6.07 Å². The van der Waals surface area contributed by atoms with E-state index in [2.05, 4.69) is 20.0 Å². The van der Waals surface area contributed by atoms with Crippen molar-refractivity contribution in [3.05, 3.63) is 28.4 Å². The lowest BCUT2D eigenvalue weighted by molar-refractivity contribution is 0.0691. The Morgan fingerprint density at radius 1 is 1.50 bits per heavy atom. The van der Waals surface area contributed by atoms with Crippen LogP contribution < -0.4 is 5.56 Å². The highest BCUT2D eigenvalue weighted by atomic mass is 16.3. The van der Waals surface area contributed by atoms with Crippen LogP contribution >= 0.6 is 0 Å². The summed E-state index contributed by atoms with van der Waals surface area (Å²) in [6.07, 6.45) is 3.20. The summed E-state index contributed by atoms with van der Waals surface area (Å²) >= 11 is 0. The number of aliphatic hydroxyl groups excluding tert-OH is 1. The molecule has 0 spiro atoms. The van der Waals surface area contributed by atoms with Crippen LogP contribution in [0.3, 0.4) is 0 Å². The first-order chi connectivity index (χ1) is 9.63. The van der Waals surface area contributed by atoms with Gasteiger partial charge in [-0.05, 0) is 38.8 Å². The van der Waals surface area contributed by atoms with Crippen LogP contribution in [0.25, 0.3) is 5.78 Å². The van der Waals surface area contributed by atoms with Gasteiger partial charge in [-0.3, -0.25) is 14.8 Å². The summed E-state index contributed by atoms with van der Waals surface area (Å²) in [6, 6.07) is 1.55. The number of H-pyrrole nitrogens is 1. The van der Waals surface area contributed by atoms with Crippen LogP contribution in [-0.2, 0) is 6.54 Å². The number of fused-ring (bicyclic) bond motifs is 1. The molecular formula is C13H19N5O2. The first-order valence-electron chi connectivity index (χ1n) is 6.96. The van der Waals surface area contributed by atoms with Crippen LogP contribution in [0.2, 0.25) is 0 Å². The predicted octanol–water partition coefficient (Wildman–Crippen LogP) is 0.0104. The van der Waals surface area contributed by atoms with E-state index in [4.69, 9.17) is 0 Å². The standard InChI is InChI=1S/C13H19N5O2/c1-9(19)10-2-4-17(5-3-10)7-11-6-12(20)18-13(16-11)14-8-15-18/h6,8-10,19H,2-5,7H2,1H3,(H,14,15,16). The second-order valence-electron chi connectivity index (χ2n) is 5.46. The van der Waals surface area contributed by atoms with Crippen molar-refractivity contribution in [1.82, 2.24) is 24.5 Å². The Bertz CT molecular complexity index is 639. The van der Waals surface area contributed by atoms with Crippen molar-refractivity contribution >= 4 is 5.78 Å². The number of nitrogens with one attached hydrogen (secondary N) is 1. The molecule has 20 heavy (non-hydrogen) atoms. The first kappa shape index (κ1) is 13.3. The molecule has 1 unspecified atom stereocenters. The first-order valence-corrected chi connectivity index (χ1v) is 6.96. The molecule has 1 saturated heterocycles. The molecule has 0 bridgehead atoms. The van der Waals surface area contributed by atoms with E-state index < -0.39 is 0 Å². The molecule has 108 valence electrons. The molecule has 1 aliphatic rings. The van der Waals surface area contributed by atoms with Crippen LogP contribution in [-0.4, -0.2) is 48.8 Å². The number of hydrogen-bond acceptors (Lipinski definition) is 5. The average molecular weight is 277 g/mol. The molecule has 7 nitrogen and oxygen atoms in total. The van der Waals surface area contributed by atoms with Gasteiger partial charge in [0.2, 0.25) is 0 Å². The van der Waals surface area contributed by atoms with Gasteiger partial charge in [0.05, 0.1) is 11.8 Å². The number of hydrogen-bond donors (Lipinski definition) is 2. The third-order valence-electron chi connectivity index (χ3n) is 4.02. The molecule has 0 aliphatic carbocycles. The Kier molecular flexibility index (Phi) is 3.54. The number of aliphatic hydroxyl groups is 1. The van der Waals surface area contributed by atoms with E-state index in [1.165, 1.54) is 10.8 Å². The maximum Gasteiger partial charge on any atom is 0.274 e. The van der Waals surface area contributed by atoms with Crippen LogP contribution in [0.5, 0.6) is 0 Å². The minimum atomic E-state index is -0.236. The van der Waals surface area contributed by atoms with E-state index in [1.807, 2.05) is 6.92 Å². The lowest BCUT2D eigenvalue weighted by Gasteiger charge is -2.32. The number of aromatic amines is 1. The van der Waals surface area contributed by atoms with Crippen molar-refractivity contribution in [3.63, 3.8) is 0 Å². The van der Waals surface area contributed by atoms with Gasteiger partial charge in [-0.1, -0.05) is 0 Å². The second kappa shape index (κ2) is 5.34. The Labute approximate surface area is 116 Å². The molecule has 1 fully saturated rings. The van der Waals surface area contributed by atoms with Crippen LogP contribution in [0.4, 0.5) is 0 Å². The smallest absolute Gasteiger partial charge is 0.274 e. The fourth-order valence-corrected chi connectivity index (χ4v) is 2.77. The van der Waals surface area contributed by atoms with Gasteiger partial charge < -0.3 is 5.11 Å². The second-order valence-corrected chi connectivity index (χ2v) is 5.46. The molecule has 0 saturated carbocycles. The average Bonchev–Trinajstić information content (AvgIpc) is 2.88. The lowest BCUT2D eigenvalue weighted by atomic mass is 9.92. The zero-order chi connectivity index (χ0) is 14.1. The van der Waals surface area contributed by atoms with Gasteiger partial charge in [0.25, 0.3) is 11.3 Å². The number of rotatable bonds is 3. The molecule has 1 aliphatic heterocycles. The van der Waals surface area contributed by atoms with Crippen molar-refractivity contribution in [3.8, 4) is 0 Å². The van der Waals surface area contributed by atoms with E-state index in [0.29, 0.717) is 18.2 Å². The third kappa shape index (κ3) is 2.59. The molecule has 1 atom stereocenters. The highest BCUT2D eigenvalue weighted by molar-refractivity contribution is 5.25. The zero-order valence-corrected chi connectivity index (χ0v) is 11.5. The van der Waals surface area contributed by atoms with Crippen LogP contribution in [0.15, 0.2) is 17.2 Å². The highest BCUT2D eigenvalue weighted by Gasteiger charge is 2.23. The van der Waals surface area contributed by atoms with E-state index >= 15 is 0 Å². The van der Waals surface area contributed by atoms with Crippen LogP contribution in [0, 0.1) is 5.92 Å². The van der Waals surface area contributed by atoms with Gasteiger partial charge in [0, 0.05) is 12.6 Å². The molecule has 3 heterocycles. The lowest BCUT2D eigenvalue weighted by Crippen LogP contribution is -2.37. The van der Waals surface area contributed by atoms with E-state index in [9.17, 15) is 9.90 Å². The van der Waals surface area contributed by atoms with E-state index in [0.717, 1.165) is 31.6 Å². The van der Waals surface area contributed by atoms with Crippen molar-refractivity contribution < 1.29 is 5.11 Å². The molecule has 0 radical (unpaired) electrons. The van der Waals surface area contributed by atoms with Crippen LogP contribution in [0.1, 0.15) is 25.5 Å². The molecule has 7 heteroatoms. The summed E-state index contributed by atoms with van der Waals surface area (Å²) in [5.41, 5.74) is 0.610. The fourth-order valence-electron chi connectivity index (χ4n) is 2.77. The van der Waals surface area contributed by atoms with E-state index in [-0.39, 0.29) is 11.7 Å². The predicted molar refractivity (Wildman–Crippen MR) is 73.3 cm³/mol. The Hall–Kier alpha value is -1.73. The minimum absolute atomic E-state index is 0.138. The maximum absolute atomic E-state index is 11.8. The zero-order valence-electron chi connectivity index (χ0n) is 11.5. The molecular weight excluding hydrogens is 258 g/mol. The summed E-state index contributed by atoms with van der Waals surface area (Å²) in [5.74, 6) is 0.796. The van der Waals surface area contributed by atoms with Crippen molar-refractivity contribution in [2.75, 3.05) is 13.1 Å². The Morgan fingerprint density at radius 3 is 2.95 bits per heavy atom. The highest BCUT2D eigenvalue weighted by Crippen LogP contribution is 2.21. The van der Waals surface area contributed by atoms with Gasteiger partial charge in [-0.2, -0.15) is 4.52 Å². The quantitative estimate of drug-likeness (QED) is 0.825. The molecule has 2 aromatic heterocycles. The van der Waals surface area contributed by atoms with Gasteiger partial charge in [-0.25, -0.2) is 9.97 Å². The molecule has 3 rings (SSSR count). The summed E-state index contributed by atoms with van der Waals surface area (Å²) in [4.78, 5) is 22.5. The largest absolute Gasteiger partial charge is 0.393 e. The SMILES string of the molecule is CC(O)C1CCN(Cc2cc(=O)n3[nH]cnc3n2)CC1. The van der Waals surface area contributed by atoms with Crippen molar-refractivity contribution in [2.45, 2.75) is 32.4 Å². The molecule has 2 N–H and O–H groups in total. The molecule has 0 aromatic carbocycles. The number of nitrogens with zero attached hydrogens (tertiary/aromatic N) is 4. The van der Waals surface area contributed by atoms with Gasteiger partial charge in [-0.15, -0.1) is 0 Å². The maximum atomic E-state index is 11.8. The summed E-state index contributed by atoms with van der Waals surface area (Å²) in [7, 11) is 0. The summed E-state index contributed by atoms with van der Waals surface area (Å²) < 4.78 is 1.32. The number of aromatic nitrogens is 4. The number of piperidine rings is 1. The van der Waals surface area contributed by atoms with Crippen molar-refractivity contribution in [2.24, 2.45) is 5.92 Å². The molecule has 2 aromatic rings. The van der Waals surface area contributed by atoms with Gasteiger partial charge >= 0.3 is 0 Å². The summed E-state index contributed by atoms with van der Waals surface area (Å²) in [5, 5.41) is 12.3. The fraction of sp³-hybridized carbons (Fsp3) is 0.615. The Balaban J connectivity index is 1.70. The third-order valence-corrected chi connectivity index (χ3v) is 4.02. The topological polar surface area (TPSA) is 86.5 Å². The normalized spacial score (nSPS) is 19.5. The van der Waals surface area contributed by atoms with Gasteiger partial charge in [0.1, 0.15) is 6.33 Å².